The Hall–Kier alpha value is -1.39. The number of rotatable bonds is 9. The van der Waals surface area contributed by atoms with Gasteiger partial charge in [0.2, 0.25) is 0 Å². The molecule has 110 valence electrons. The van der Waals surface area contributed by atoms with E-state index in [0.29, 0.717) is 13.2 Å². The van der Waals surface area contributed by atoms with Gasteiger partial charge < -0.3 is 15.4 Å². The molecule has 2 N–H and O–H groups in total. The second kappa shape index (κ2) is 8.02. The van der Waals surface area contributed by atoms with Gasteiger partial charge in [0.15, 0.2) is 0 Å². The highest BCUT2D eigenvalue weighted by Gasteiger charge is 2.20. The molecule has 4 heteroatoms. The molecule has 1 aliphatic rings. The number of amides is 1. The Morgan fingerprint density at radius 2 is 2.10 bits per heavy atom. The lowest BCUT2D eigenvalue weighted by molar-refractivity contribution is 0.0905. The number of hydrogen-bond acceptors (Lipinski definition) is 3. The minimum absolute atomic E-state index is 0.00766. The van der Waals surface area contributed by atoms with E-state index in [0.717, 1.165) is 36.6 Å². The van der Waals surface area contributed by atoms with Gasteiger partial charge in [-0.1, -0.05) is 18.2 Å². The van der Waals surface area contributed by atoms with Gasteiger partial charge in [0, 0.05) is 18.7 Å². The zero-order valence-corrected chi connectivity index (χ0v) is 12.2. The van der Waals surface area contributed by atoms with E-state index in [2.05, 4.69) is 10.6 Å². The Morgan fingerprint density at radius 3 is 2.85 bits per heavy atom. The van der Waals surface area contributed by atoms with Crippen LogP contribution in [0.25, 0.3) is 0 Å². The second-order valence-corrected chi connectivity index (χ2v) is 5.28. The molecule has 1 saturated carbocycles. The van der Waals surface area contributed by atoms with Crippen LogP contribution in [0.3, 0.4) is 0 Å². The first-order chi connectivity index (χ1) is 9.81. The molecule has 20 heavy (non-hydrogen) atoms. The third-order valence-electron chi connectivity index (χ3n) is 3.49. The van der Waals surface area contributed by atoms with Gasteiger partial charge in [0.1, 0.15) is 0 Å². The molecule has 0 aliphatic heterocycles. The summed E-state index contributed by atoms with van der Waals surface area (Å²) in [5, 5.41) is 6.03. The van der Waals surface area contributed by atoms with Gasteiger partial charge in [-0.05, 0) is 50.4 Å². The topological polar surface area (TPSA) is 50.4 Å². The fourth-order valence-corrected chi connectivity index (χ4v) is 2.09. The summed E-state index contributed by atoms with van der Waals surface area (Å²) < 4.78 is 5.51. The standard InChI is InChI=1S/C16H24N2O2/c1-17-9-8-14-4-2-3-5-15(14)16(19)18-10-11-20-12-13-6-7-13/h2-5,13,17H,6-12H2,1H3,(H,18,19). The Kier molecular flexibility index (Phi) is 6.02. The molecule has 0 radical (unpaired) electrons. The molecule has 1 amide bonds. The molecule has 1 aromatic rings. The van der Waals surface area contributed by atoms with Gasteiger partial charge in [-0.25, -0.2) is 0 Å². The van der Waals surface area contributed by atoms with E-state index in [4.69, 9.17) is 4.74 Å². The summed E-state index contributed by atoms with van der Waals surface area (Å²) >= 11 is 0. The molecule has 0 bridgehead atoms. The molecule has 2 rings (SSSR count). The van der Waals surface area contributed by atoms with E-state index in [1.54, 1.807) is 0 Å². The lowest BCUT2D eigenvalue weighted by atomic mass is 10.0. The fraction of sp³-hybridized carbons (Fsp3) is 0.562. The minimum atomic E-state index is -0.00766. The molecule has 1 fully saturated rings. The van der Waals surface area contributed by atoms with Crippen molar-refractivity contribution >= 4 is 5.91 Å². The molecule has 4 nitrogen and oxygen atoms in total. The largest absolute Gasteiger partial charge is 0.379 e. The maximum Gasteiger partial charge on any atom is 0.251 e. The second-order valence-electron chi connectivity index (χ2n) is 5.28. The van der Waals surface area contributed by atoms with Crippen LogP contribution in [-0.4, -0.2) is 39.3 Å². The Balaban J connectivity index is 1.75. The number of nitrogens with one attached hydrogen (secondary N) is 2. The molecule has 0 atom stereocenters. The summed E-state index contributed by atoms with van der Waals surface area (Å²) in [6.45, 7) is 2.89. The zero-order valence-electron chi connectivity index (χ0n) is 12.2. The smallest absolute Gasteiger partial charge is 0.251 e. The molecular formula is C16H24N2O2. The van der Waals surface area contributed by atoms with E-state index in [1.807, 2.05) is 31.3 Å². The van der Waals surface area contributed by atoms with Crippen LogP contribution in [0.2, 0.25) is 0 Å². The van der Waals surface area contributed by atoms with Crippen LogP contribution in [0.4, 0.5) is 0 Å². The van der Waals surface area contributed by atoms with Crippen molar-refractivity contribution < 1.29 is 9.53 Å². The van der Waals surface area contributed by atoms with Gasteiger partial charge in [-0.3, -0.25) is 4.79 Å². The first-order valence-corrected chi connectivity index (χ1v) is 7.39. The van der Waals surface area contributed by atoms with Crippen LogP contribution in [0.15, 0.2) is 24.3 Å². The van der Waals surface area contributed by atoms with Crippen molar-refractivity contribution in [2.75, 3.05) is 33.4 Å². The van der Waals surface area contributed by atoms with Crippen molar-refractivity contribution in [3.8, 4) is 0 Å². The van der Waals surface area contributed by atoms with Crippen LogP contribution in [0.5, 0.6) is 0 Å². The lowest BCUT2D eigenvalue weighted by Crippen LogP contribution is -2.28. The molecule has 0 heterocycles. The van der Waals surface area contributed by atoms with Crippen molar-refractivity contribution in [1.82, 2.24) is 10.6 Å². The number of carbonyl (C=O) groups excluding carboxylic acids is 1. The van der Waals surface area contributed by atoms with Gasteiger partial charge in [-0.2, -0.15) is 0 Å². The van der Waals surface area contributed by atoms with Crippen LogP contribution < -0.4 is 10.6 Å². The van der Waals surface area contributed by atoms with Gasteiger partial charge in [-0.15, -0.1) is 0 Å². The van der Waals surface area contributed by atoms with E-state index < -0.39 is 0 Å². The molecule has 0 aromatic heterocycles. The van der Waals surface area contributed by atoms with Crippen molar-refractivity contribution in [2.24, 2.45) is 5.92 Å². The van der Waals surface area contributed by atoms with Crippen LogP contribution in [0, 0.1) is 5.92 Å². The number of benzene rings is 1. The van der Waals surface area contributed by atoms with Gasteiger partial charge in [0.05, 0.1) is 6.61 Å². The highest BCUT2D eigenvalue weighted by molar-refractivity contribution is 5.95. The minimum Gasteiger partial charge on any atom is -0.379 e. The average Bonchev–Trinajstić information content (AvgIpc) is 3.29. The number of ether oxygens (including phenoxy) is 1. The highest BCUT2D eigenvalue weighted by Crippen LogP contribution is 2.28. The molecule has 1 aliphatic carbocycles. The normalized spacial score (nSPS) is 14.2. The first-order valence-electron chi connectivity index (χ1n) is 7.39. The van der Waals surface area contributed by atoms with Crippen molar-refractivity contribution in [2.45, 2.75) is 19.3 Å². The summed E-state index contributed by atoms with van der Waals surface area (Å²) in [4.78, 5) is 12.2. The SMILES string of the molecule is CNCCc1ccccc1C(=O)NCCOCC1CC1. The first kappa shape index (κ1) is 15.0. The Bertz CT molecular complexity index is 430. The average molecular weight is 276 g/mol. The third kappa shape index (κ3) is 4.94. The summed E-state index contributed by atoms with van der Waals surface area (Å²) in [5.41, 5.74) is 1.85. The van der Waals surface area contributed by atoms with Crippen LogP contribution >= 0.6 is 0 Å². The molecule has 0 spiro atoms. The summed E-state index contributed by atoms with van der Waals surface area (Å²) in [5.74, 6) is 0.764. The Morgan fingerprint density at radius 1 is 1.30 bits per heavy atom. The number of carbonyl (C=O) groups is 1. The summed E-state index contributed by atoms with van der Waals surface area (Å²) in [6.07, 6.45) is 3.45. The van der Waals surface area contributed by atoms with Crippen molar-refractivity contribution in [1.29, 1.82) is 0 Å². The maximum absolute atomic E-state index is 12.2. The van der Waals surface area contributed by atoms with Crippen molar-refractivity contribution in [3.05, 3.63) is 35.4 Å². The molecular weight excluding hydrogens is 252 g/mol. The van der Waals surface area contributed by atoms with E-state index >= 15 is 0 Å². The van der Waals surface area contributed by atoms with Gasteiger partial charge in [0.25, 0.3) is 5.91 Å². The van der Waals surface area contributed by atoms with Crippen LogP contribution in [0.1, 0.15) is 28.8 Å². The molecule has 0 saturated heterocycles. The van der Waals surface area contributed by atoms with E-state index in [-0.39, 0.29) is 5.91 Å². The Labute approximate surface area is 120 Å². The molecule has 0 unspecified atom stereocenters. The summed E-state index contributed by atoms with van der Waals surface area (Å²) in [7, 11) is 1.92. The number of likely N-dealkylation sites (N-methyl/N-ethyl adjacent to an activating group) is 1. The fourth-order valence-electron chi connectivity index (χ4n) is 2.09. The van der Waals surface area contributed by atoms with E-state index in [1.165, 1.54) is 12.8 Å². The maximum atomic E-state index is 12.2. The third-order valence-corrected chi connectivity index (χ3v) is 3.49. The van der Waals surface area contributed by atoms with Crippen molar-refractivity contribution in [3.63, 3.8) is 0 Å². The van der Waals surface area contributed by atoms with Gasteiger partial charge >= 0.3 is 0 Å². The summed E-state index contributed by atoms with van der Waals surface area (Å²) in [6, 6.07) is 7.77. The number of hydrogen-bond donors (Lipinski definition) is 2. The van der Waals surface area contributed by atoms with E-state index in [9.17, 15) is 4.79 Å². The quantitative estimate of drug-likeness (QED) is 0.674. The van der Waals surface area contributed by atoms with Crippen LogP contribution in [-0.2, 0) is 11.2 Å². The monoisotopic (exact) mass is 276 g/mol. The zero-order chi connectivity index (χ0) is 14.2. The lowest BCUT2D eigenvalue weighted by Gasteiger charge is -2.10. The molecule has 1 aromatic carbocycles. The predicted octanol–water partition coefficient (Wildman–Crippen LogP) is 1.60. The highest BCUT2D eigenvalue weighted by atomic mass is 16.5. The predicted molar refractivity (Wildman–Crippen MR) is 79.9 cm³/mol.